The summed E-state index contributed by atoms with van der Waals surface area (Å²) in [5, 5.41) is 10.1. The molecule has 1 aromatic rings. The van der Waals surface area contributed by atoms with Gasteiger partial charge < -0.3 is 5.11 Å². The quantitative estimate of drug-likeness (QED) is 0.701. The largest absolute Gasteiger partial charge is 0.385 e. The fraction of sp³-hybridized carbons (Fsp3) is 0.545. The van der Waals surface area contributed by atoms with Crippen molar-refractivity contribution in [3.63, 3.8) is 0 Å². The third-order valence-electron chi connectivity index (χ3n) is 2.34. The maximum atomic E-state index is 10.1. The summed E-state index contributed by atoms with van der Waals surface area (Å²) in [6.07, 6.45) is 5.72. The number of rotatable bonds is 3. The van der Waals surface area contributed by atoms with E-state index in [1.807, 2.05) is 43.1 Å². The molecule has 0 amide bonds. The predicted octanol–water partition coefficient (Wildman–Crippen LogP) is 1.52. The number of aliphatic hydroxyl groups is 1. The van der Waals surface area contributed by atoms with Crippen molar-refractivity contribution in [3.05, 3.63) is 30.1 Å². The molecule has 13 heavy (non-hydrogen) atoms. The van der Waals surface area contributed by atoms with Gasteiger partial charge in [-0.1, -0.05) is 13.3 Å². The Labute approximate surface area is 79.8 Å². The van der Waals surface area contributed by atoms with Gasteiger partial charge in [0.1, 0.15) is 7.05 Å². The molecule has 0 aromatic carbocycles. The standard InChI is InChI=1S/C11H18NO/c1-4-7-11(2,13)10-5-8-12(3)9-6-10/h5-6,8-9,13H,4,7H2,1-3H3/q+1. The first-order valence-electron chi connectivity index (χ1n) is 4.74. The zero-order valence-electron chi connectivity index (χ0n) is 8.62. The molecule has 72 valence electrons. The Morgan fingerprint density at radius 3 is 2.38 bits per heavy atom. The van der Waals surface area contributed by atoms with Crippen LogP contribution < -0.4 is 4.57 Å². The summed E-state index contributed by atoms with van der Waals surface area (Å²) in [4.78, 5) is 0. The number of hydrogen-bond donors (Lipinski definition) is 1. The molecule has 0 saturated carbocycles. The van der Waals surface area contributed by atoms with Crippen LogP contribution in [0.25, 0.3) is 0 Å². The summed E-state index contributed by atoms with van der Waals surface area (Å²) < 4.78 is 1.96. The van der Waals surface area contributed by atoms with Crippen molar-refractivity contribution in [2.75, 3.05) is 0 Å². The second-order valence-corrected chi connectivity index (χ2v) is 3.78. The molecule has 1 atom stereocenters. The summed E-state index contributed by atoms with van der Waals surface area (Å²) in [5.41, 5.74) is 0.315. The van der Waals surface area contributed by atoms with Gasteiger partial charge in [-0.25, -0.2) is 4.57 Å². The van der Waals surface area contributed by atoms with Gasteiger partial charge in [0.05, 0.1) is 5.60 Å². The Morgan fingerprint density at radius 2 is 1.92 bits per heavy atom. The van der Waals surface area contributed by atoms with Crippen LogP contribution in [-0.2, 0) is 12.6 Å². The first-order valence-corrected chi connectivity index (χ1v) is 4.74. The summed E-state index contributed by atoms with van der Waals surface area (Å²) >= 11 is 0. The van der Waals surface area contributed by atoms with E-state index in [0.717, 1.165) is 18.4 Å². The average Bonchev–Trinajstić information content (AvgIpc) is 2.05. The maximum absolute atomic E-state index is 10.1. The zero-order valence-corrected chi connectivity index (χ0v) is 8.62. The van der Waals surface area contributed by atoms with Gasteiger partial charge in [0.25, 0.3) is 0 Å². The van der Waals surface area contributed by atoms with E-state index in [2.05, 4.69) is 6.92 Å². The van der Waals surface area contributed by atoms with E-state index in [1.54, 1.807) is 0 Å². The molecule has 1 aromatic heterocycles. The smallest absolute Gasteiger partial charge is 0.168 e. The minimum atomic E-state index is -0.678. The predicted molar refractivity (Wildman–Crippen MR) is 52.1 cm³/mol. The maximum Gasteiger partial charge on any atom is 0.168 e. The normalized spacial score (nSPS) is 15.4. The molecule has 0 radical (unpaired) electrons. The van der Waals surface area contributed by atoms with E-state index >= 15 is 0 Å². The van der Waals surface area contributed by atoms with Crippen LogP contribution in [0.1, 0.15) is 32.3 Å². The molecular weight excluding hydrogens is 162 g/mol. The van der Waals surface area contributed by atoms with Crippen molar-refractivity contribution < 1.29 is 9.67 Å². The highest BCUT2D eigenvalue weighted by Gasteiger charge is 2.22. The summed E-state index contributed by atoms with van der Waals surface area (Å²) in [7, 11) is 1.97. The molecular formula is C11H18NO+. The lowest BCUT2D eigenvalue weighted by Gasteiger charge is -2.22. The Bertz CT molecular complexity index is 264. The second-order valence-electron chi connectivity index (χ2n) is 3.78. The summed E-state index contributed by atoms with van der Waals surface area (Å²) in [6, 6.07) is 3.94. The zero-order chi connectivity index (χ0) is 9.90. The molecule has 0 aliphatic carbocycles. The highest BCUT2D eigenvalue weighted by atomic mass is 16.3. The Hall–Kier alpha value is -0.890. The SMILES string of the molecule is CCCC(C)(O)c1cc[n+](C)cc1. The van der Waals surface area contributed by atoms with Gasteiger partial charge in [0.15, 0.2) is 12.4 Å². The lowest BCUT2D eigenvalue weighted by molar-refractivity contribution is -0.671. The summed E-state index contributed by atoms with van der Waals surface area (Å²) in [6.45, 7) is 3.95. The fourth-order valence-electron chi connectivity index (χ4n) is 1.49. The molecule has 0 aliphatic heterocycles. The van der Waals surface area contributed by atoms with Crippen LogP contribution in [0.5, 0.6) is 0 Å². The molecule has 1 rings (SSSR count). The van der Waals surface area contributed by atoms with Gasteiger partial charge in [-0.2, -0.15) is 0 Å². The van der Waals surface area contributed by atoms with E-state index in [4.69, 9.17) is 0 Å². The molecule has 2 nitrogen and oxygen atoms in total. The Kier molecular flexibility index (Phi) is 3.04. The Morgan fingerprint density at radius 1 is 1.38 bits per heavy atom. The molecule has 0 bridgehead atoms. The number of pyridine rings is 1. The third-order valence-corrected chi connectivity index (χ3v) is 2.34. The molecule has 0 saturated heterocycles. The van der Waals surface area contributed by atoms with Gasteiger partial charge in [0, 0.05) is 12.1 Å². The van der Waals surface area contributed by atoms with Crippen LogP contribution in [0, 0.1) is 0 Å². The van der Waals surface area contributed by atoms with Gasteiger partial charge in [0.2, 0.25) is 0 Å². The monoisotopic (exact) mass is 180 g/mol. The number of hydrogen-bond acceptors (Lipinski definition) is 1. The molecule has 1 N–H and O–H groups in total. The highest BCUT2D eigenvalue weighted by Crippen LogP contribution is 2.24. The Balaban J connectivity index is 2.87. The highest BCUT2D eigenvalue weighted by molar-refractivity contribution is 5.15. The second kappa shape index (κ2) is 3.88. The van der Waals surface area contributed by atoms with Gasteiger partial charge in [-0.3, -0.25) is 0 Å². The lowest BCUT2D eigenvalue weighted by Crippen LogP contribution is -2.28. The van der Waals surface area contributed by atoms with Crippen LogP contribution in [0.3, 0.4) is 0 Å². The van der Waals surface area contributed by atoms with Crippen molar-refractivity contribution in [2.24, 2.45) is 7.05 Å². The van der Waals surface area contributed by atoms with E-state index in [0.29, 0.717) is 0 Å². The first kappa shape index (κ1) is 10.2. The number of aromatic nitrogens is 1. The minimum Gasteiger partial charge on any atom is -0.385 e. The van der Waals surface area contributed by atoms with Gasteiger partial charge in [-0.05, 0) is 18.9 Å². The van der Waals surface area contributed by atoms with Crippen molar-refractivity contribution in [3.8, 4) is 0 Å². The van der Waals surface area contributed by atoms with Crippen molar-refractivity contribution >= 4 is 0 Å². The van der Waals surface area contributed by atoms with Crippen LogP contribution in [0.4, 0.5) is 0 Å². The van der Waals surface area contributed by atoms with Gasteiger partial charge >= 0.3 is 0 Å². The van der Waals surface area contributed by atoms with Crippen molar-refractivity contribution in [1.82, 2.24) is 0 Å². The molecule has 1 unspecified atom stereocenters. The van der Waals surface area contributed by atoms with E-state index in [-0.39, 0.29) is 0 Å². The minimum absolute atomic E-state index is 0.678. The van der Waals surface area contributed by atoms with E-state index in [1.165, 1.54) is 0 Å². The molecule has 0 fully saturated rings. The number of nitrogens with zero attached hydrogens (tertiary/aromatic N) is 1. The molecule has 2 heteroatoms. The summed E-state index contributed by atoms with van der Waals surface area (Å²) in [5.74, 6) is 0. The van der Waals surface area contributed by atoms with Crippen LogP contribution >= 0.6 is 0 Å². The van der Waals surface area contributed by atoms with E-state index < -0.39 is 5.60 Å². The van der Waals surface area contributed by atoms with Crippen LogP contribution in [0.2, 0.25) is 0 Å². The topological polar surface area (TPSA) is 24.1 Å². The van der Waals surface area contributed by atoms with Gasteiger partial charge in [-0.15, -0.1) is 0 Å². The van der Waals surface area contributed by atoms with Crippen LogP contribution in [0.15, 0.2) is 24.5 Å². The average molecular weight is 180 g/mol. The van der Waals surface area contributed by atoms with Crippen LogP contribution in [-0.4, -0.2) is 5.11 Å². The molecule has 0 aliphatic rings. The van der Waals surface area contributed by atoms with Crippen molar-refractivity contribution in [1.29, 1.82) is 0 Å². The fourth-order valence-corrected chi connectivity index (χ4v) is 1.49. The number of aryl methyl sites for hydroxylation is 1. The molecule has 1 heterocycles. The first-order chi connectivity index (χ1) is 6.06. The third kappa shape index (κ3) is 2.52. The molecule has 0 spiro atoms. The van der Waals surface area contributed by atoms with E-state index in [9.17, 15) is 5.11 Å². The van der Waals surface area contributed by atoms with Crippen molar-refractivity contribution in [2.45, 2.75) is 32.3 Å². The lowest BCUT2D eigenvalue weighted by atomic mass is 9.92.